The van der Waals surface area contributed by atoms with Crippen molar-refractivity contribution in [2.75, 3.05) is 5.75 Å². The minimum absolute atomic E-state index is 0.192. The standard InChI is InChI=1S/C13H18FNOS/c1-9(2)15-12-4-3-7-17(16)13-8-10(14)5-6-11(12)13/h5-6,8-9,12,15H,3-4,7H2,1-2H3. The molecule has 1 aliphatic heterocycles. The van der Waals surface area contributed by atoms with Gasteiger partial charge in [-0.05, 0) is 30.5 Å². The molecule has 0 radical (unpaired) electrons. The molecule has 0 bridgehead atoms. The number of rotatable bonds is 2. The number of nitrogens with one attached hydrogen (secondary N) is 1. The summed E-state index contributed by atoms with van der Waals surface area (Å²) in [5.74, 6) is 0.328. The van der Waals surface area contributed by atoms with Gasteiger partial charge in [-0.15, -0.1) is 0 Å². The Bertz CT molecular complexity index is 433. The molecular formula is C13H18FNOS. The van der Waals surface area contributed by atoms with E-state index >= 15 is 0 Å². The van der Waals surface area contributed by atoms with Crippen LogP contribution in [0.15, 0.2) is 23.1 Å². The van der Waals surface area contributed by atoms with Crippen LogP contribution in [0.25, 0.3) is 0 Å². The average molecular weight is 255 g/mol. The Morgan fingerprint density at radius 1 is 1.47 bits per heavy atom. The zero-order valence-corrected chi connectivity index (χ0v) is 11.0. The van der Waals surface area contributed by atoms with Gasteiger partial charge in [-0.2, -0.15) is 0 Å². The van der Waals surface area contributed by atoms with Gasteiger partial charge >= 0.3 is 0 Å². The molecule has 0 spiro atoms. The molecule has 1 aliphatic rings. The van der Waals surface area contributed by atoms with Crippen molar-refractivity contribution in [1.82, 2.24) is 5.32 Å². The van der Waals surface area contributed by atoms with Crippen molar-refractivity contribution in [2.24, 2.45) is 0 Å². The molecular weight excluding hydrogens is 237 g/mol. The summed E-state index contributed by atoms with van der Waals surface area (Å²) in [6, 6.07) is 5.21. The predicted octanol–water partition coefficient (Wildman–Crippen LogP) is 2.77. The van der Waals surface area contributed by atoms with Crippen LogP contribution in [0.2, 0.25) is 0 Å². The van der Waals surface area contributed by atoms with E-state index in [0.29, 0.717) is 16.7 Å². The summed E-state index contributed by atoms with van der Waals surface area (Å²) in [4.78, 5) is 0.667. The normalized spacial score (nSPS) is 24.5. The first-order valence-corrected chi connectivity index (χ1v) is 7.33. The Balaban J connectivity index is 2.40. The first-order valence-electron chi connectivity index (χ1n) is 6.02. The molecule has 0 saturated heterocycles. The van der Waals surface area contributed by atoms with Crippen molar-refractivity contribution in [3.8, 4) is 0 Å². The second-order valence-corrected chi connectivity index (χ2v) is 6.29. The molecule has 17 heavy (non-hydrogen) atoms. The van der Waals surface area contributed by atoms with Crippen LogP contribution >= 0.6 is 0 Å². The number of fused-ring (bicyclic) bond motifs is 1. The predicted molar refractivity (Wildman–Crippen MR) is 67.9 cm³/mol. The van der Waals surface area contributed by atoms with E-state index in [9.17, 15) is 8.60 Å². The van der Waals surface area contributed by atoms with Crippen molar-refractivity contribution in [3.63, 3.8) is 0 Å². The summed E-state index contributed by atoms with van der Waals surface area (Å²) in [5, 5.41) is 3.46. The van der Waals surface area contributed by atoms with Gasteiger partial charge in [0.05, 0.1) is 10.8 Å². The van der Waals surface area contributed by atoms with Gasteiger partial charge in [0.2, 0.25) is 0 Å². The zero-order valence-electron chi connectivity index (χ0n) is 10.2. The molecule has 94 valence electrons. The summed E-state index contributed by atoms with van der Waals surface area (Å²) in [5.41, 5.74) is 0.996. The quantitative estimate of drug-likeness (QED) is 0.880. The van der Waals surface area contributed by atoms with E-state index in [0.717, 1.165) is 18.4 Å². The Labute approximate surface area is 104 Å². The molecule has 0 aliphatic carbocycles. The highest BCUT2D eigenvalue weighted by Crippen LogP contribution is 2.30. The van der Waals surface area contributed by atoms with Gasteiger partial charge in [0, 0.05) is 22.7 Å². The lowest BCUT2D eigenvalue weighted by molar-refractivity contribution is 0.447. The third-order valence-corrected chi connectivity index (χ3v) is 4.46. The lowest BCUT2D eigenvalue weighted by atomic mass is 10.0. The lowest BCUT2D eigenvalue weighted by Crippen LogP contribution is -2.28. The Hall–Kier alpha value is -0.740. The maximum Gasteiger partial charge on any atom is 0.124 e. The minimum atomic E-state index is -1.06. The van der Waals surface area contributed by atoms with E-state index in [1.165, 1.54) is 12.1 Å². The van der Waals surface area contributed by atoms with Crippen LogP contribution in [0.1, 0.15) is 38.3 Å². The number of hydrogen-bond acceptors (Lipinski definition) is 2. The summed E-state index contributed by atoms with van der Waals surface area (Å²) in [6.07, 6.45) is 1.87. The highest BCUT2D eigenvalue weighted by Gasteiger charge is 2.23. The molecule has 0 fully saturated rings. The third kappa shape index (κ3) is 2.93. The summed E-state index contributed by atoms with van der Waals surface area (Å²) in [6.45, 7) is 4.18. The van der Waals surface area contributed by atoms with Crippen molar-refractivity contribution in [1.29, 1.82) is 0 Å². The highest BCUT2D eigenvalue weighted by molar-refractivity contribution is 7.85. The second-order valence-electron chi connectivity index (χ2n) is 4.75. The number of benzene rings is 1. The van der Waals surface area contributed by atoms with Crippen molar-refractivity contribution in [2.45, 2.75) is 43.7 Å². The van der Waals surface area contributed by atoms with E-state index < -0.39 is 10.8 Å². The van der Waals surface area contributed by atoms with E-state index in [2.05, 4.69) is 19.2 Å². The highest BCUT2D eigenvalue weighted by atomic mass is 32.2. The summed E-state index contributed by atoms with van der Waals surface area (Å²) < 4.78 is 25.2. The maximum absolute atomic E-state index is 13.2. The van der Waals surface area contributed by atoms with Crippen molar-refractivity contribution in [3.05, 3.63) is 29.6 Å². The van der Waals surface area contributed by atoms with Crippen LogP contribution in [0.4, 0.5) is 4.39 Å². The Kier molecular flexibility index (Phi) is 3.94. The maximum atomic E-state index is 13.2. The molecule has 4 heteroatoms. The fourth-order valence-electron chi connectivity index (χ4n) is 2.25. The molecule has 2 nitrogen and oxygen atoms in total. The van der Waals surface area contributed by atoms with E-state index in [1.807, 2.05) is 0 Å². The molecule has 1 aromatic rings. The molecule has 1 heterocycles. The fourth-order valence-corrected chi connectivity index (χ4v) is 3.62. The van der Waals surface area contributed by atoms with Crippen LogP contribution in [0, 0.1) is 5.82 Å². The summed E-state index contributed by atoms with van der Waals surface area (Å²) >= 11 is 0. The zero-order chi connectivity index (χ0) is 12.4. The van der Waals surface area contributed by atoms with Crippen LogP contribution in [0.5, 0.6) is 0 Å². The van der Waals surface area contributed by atoms with Crippen LogP contribution in [-0.4, -0.2) is 16.0 Å². The molecule has 0 saturated carbocycles. The first-order chi connectivity index (χ1) is 8.08. The molecule has 2 rings (SSSR count). The van der Waals surface area contributed by atoms with Gasteiger partial charge in [-0.25, -0.2) is 4.39 Å². The smallest absolute Gasteiger partial charge is 0.124 e. The Morgan fingerprint density at radius 3 is 2.94 bits per heavy atom. The molecule has 0 amide bonds. The molecule has 0 aromatic heterocycles. The van der Waals surface area contributed by atoms with Gasteiger partial charge in [-0.1, -0.05) is 19.9 Å². The second kappa shape index (κ2) is 5.27. The largest absolute Gasteiger partial charge is 0.308 e. The van der Waals surface area contributed by atoms with Gasteiger partial charge in [-0.3, -0.25) is 4.21 Å². The fraction of sp³-hybridized carbons (Fsp3) is 0.538. The minimum Gasteiger partial charge on any atom is -0.308 e. The van der Waals surface area contributed by atoms with Crippen molar-refractivity contribution >= 4 is 10.8 Å². The van der Waals surface area contributed by atoms with Gasteiger partial charge in [0.1, 0.15) is 5.82 Å². The average Bonchev–Trinajstić information content (AvgIpc) is 2.39. The monoisotopic (exact) mass is 255 g/mol. The lowest BCUT2D eigenvalue weighted by Gasteiger charge is -2.21. The molecule has 2 atom stereocenters. The first kappa shape index (κ1) is 12.7. The summed E-state index contributed by atoms with van der Waals surface area (Å²) in [7, 11) is -1.06. The molecule has 1 N–H and O–H groups in total. The van der Waals surface area contributed by atoms with Gasteiger partial charge in [0.25, 0.3) is 0 Å². The van der Waals surface area contributed by atoms with E-state index in [4.69, 9.17) is 0 Å². The SMILES string of the molecule is CC(C)NC1CCCS(=O)c2cc(F)ccc21. The molecule has 1 aromatic carbocycles. The number of hydrogen-bond donors (Lipinski definition) is 1. The van der Waals surface area contributed by atoms with E-state index in [-0.39, 0.29) is 11.9 Å². The van der Waals surface area contributed by atoms with E-state index in [1.54, 1.807) is 6.07 Å². The van der Waals surface area contributed by atoms with Crippen LogP contribution in [-0.2, 0) is 10.8 Å². The van der Waals surface area contributed by atoms with Crippen LogP contribution < -0.4 is 5.32 Å². The van der Waals surface area contributed by atoms with Crippen molar-refractivity contribution < 1.29 is 8.60 Å². The topological polar surface area (TPSA) is 29.1 Å². The molecule has 2 unspecified atom stereocenters. The Morgan fingerprint density at radius 2 is 2.24 bits per heavy atom. The van der Waals surface area contributed by atoms with Gasteiger partial charge in [0.15, 0.2) is 0 Å². The number of halogens is 1. The van der Waals surface area contributed by atoms with Crippen LogP contribution in [0.3, 0.4) is 0 Å². The third-order valence-electron chi connectivity index (χ3n) is 2.95. The van der Waals surface area contributed by atoms with Gasteiger partial charge < -0.3 is 5.32 Å².